The summed E-state index contributed by atoms with van der Waals surface area (Å²) in [5.74, 6) is -0.372. The van der Waals surface area contributed by atoms with Crippen molar-refractivity contribution >= 4 is 29.0 Å². The van der Waals surface area contributed by atoms with Crippen LogP contribution in [0.25, 0.3) is 5.69 Å². The van der Waals surface area contributed by atoms with Crippen molar-refractivity contribution in [3.8, 4) is 11.8 Å². The minimum atomic E-state index is -4.85. The molecule has 1 aliphatic rings. The summed E-state index contributed by atoms with van der Waals surface area (Å²) in [5.41, 5.74) is -0.132. The summed E-state index contributed by atoms with van der Waals surface area (Å²) >= 11 is -1.57. The first-order valence-corrected chi connectivity index (χ1v) is 17.1. The van der Waals surface area contributed by atoms with Gasteiger partial charge < -0.3 is 20.3 Å². The maximum Gasteiger partial charge on any atom is 0.435 e. The van der Waals surface area contributed by atoms with Crippen LogP contribution < -0.4 is 15.4 Å². The SMILES string of the molecule is CC(C)(C)[S@@+]([O-])NC(CCC1CC1)(c1cccc(C#N)c1)c1cccc(NC(=O)c2cc(C(F)(F)F)nn2-c2cccc(CNC(=O)O)c2)c1. The second-order valence-corrected chi connectivity index (χ2v) is 15.2. The number of carbonyl (C=O) groups excluding carboxylic acids is 1. The van der Waals surface area contributed by atoms with E-state index in [4.69, 9.17) is 5.11 Å². The van der Waals surface area contributed by atoms with Gasteiger partial charge in [-0.1, -0.05) is 49.2 Å². The molecule has 50 heavy (non-hydrogen) atoms. The van der Waals surface area contributed by atoms with Crippen molar-refractivity contribution in [2.24, 2.45) is 5.92 Å². The Labute approximate surface area is 291 Å². The van der Waals surface area contributed by atoms with Crippen molar-refractivity contribution in [2.75, 3.05) is 5.32 Å². The fraction of sp³-hybridized carbons (Fsp3) is 0.333. The topological polar surface area (TPSA) is 155 Å². The second-order valence-electron chi connectivity index (χ2n) is 13.3. The van der Waals surface area contributed by atoms with Gasteiger partial charge in [-0.15, -0.1) is 4.72 Å². The molecular formula is C36H37F3N6O4S. The fourth-order valence-corrected chi connectivity index (χ4v) is 6.49. The lowest BCUT2D eigenvalue weighted by Crippen LogP contribution is -2.52. The first kappa shape index (κ1) is 36.4. The Balaban J connectivity index is 1.56. The zero-order chi connectivity index (χ0) is 36.3. The van der Waals surface area contributed by atoms with Crippen LogP contribution in [-0.4, -0.2) is 36.2 Å². The molecule has 1 fully saturated rings. The van der Waals surface area contributed by atoms with Gasteiger partial charge in [-0.2, -0.15) is 23.5 Å². The maximum absolute atomic E-state index is 13.9. The minimum Gasteiger partial charge on any atom is -0.598 e. The Hall–Kier alpha value is -4.84. The van der Waals surface area contributed by atoms with Gasteiger partial charge in [0.1, 0.15) is 16.0 Å². The Bertz CT molecular complexity index is 1910. The van der Waals surface area contributed by atoms with E-state index in [1.807, 2.05) is 32.9 Å². The largest absolute Gasteiger partial charge is 0.598 e. The van der Waals surface area contributed by atoms with E-state index in [2.05, 4.69) is 26.5 Å². The molecule has 2 amide bonds. The van der Waals surface area contributed by atoms with Crippen LogP contribution in [0.2, 0.25) is 0 Å². The monoisotopic (exact) mass is 706 g/mol. The Morgan fingerprint density at radius 2 is 1.70 bits per heavy atom. The number of nitriles is 1. The van der Waals surface area contributed by atoms with E-state index < -0.39 is 51.2 Å². The van der Waals surface area contributed by atoms with Crippen LogP contribution in [0.4, 0.5) is 23.7 Å². The highest BCUT2D eigenvalue weighted by atomic mass is 32.2. The van der Waals surface area contributed by atoms with Crippen molar-refractivity contribution in [1.29, 1.82) is 5.26 Å². The summed E-state index contributed by atoms with van der Waals surface area (Å²) in [6.07, 6.45) is -2.62. The normalized spacial score (nSPS) is 15.1. The summed E-state index contributed by atoms with van der Waals surface area (Å²) < 4.78 is 59.0. The van der Waals surface area contributed by atoms with Crippen LogP contribution in [0, 0.1) is 17.2 Å². The van der Waals surface area contributed by atoms with Crippen molar-refractivity contribution in [2.45, 2.75) is 69.5 Å². The summed E-state index contributed by atoms with van der Waals surface area (Å²) in [5, 5.41) is 27.3. The van der Waals surface area contributed by atoms with Gasteiger partial charge in [0.2, 0.25) is 0 Å². The van der Waals surface area contributed by atoms with Crippen LogP contribution in [0.15, 0.2) is 78.9 Å². The van der Waals surface area contributed by atoms with Gasteiger partial charge in [-0.05, 0) is 92.6 Å². The zero-order valence-corrected chi connectivity index (χ0v) is 28.5. The lowest BCUT2D eigenvalue weighted by atomic mass is 9.79. The highest BCUT2D eigenvalue weighted by Gasteiger charge is 2.43. The fourth-order valence-electron chi connectivity index (χ4n) is 5.53. The molecule has 0 saturated heterocycles. The number of benzene rings is 3. The third kappa shape index (κ3) is 8.65. The molecule has 3 aromatic carbocycles. The van der Waals surface area contributed by atoms with E-state index in [0.29, 0.717) is 40.7 Å². The van der Waals surface area contributed by atoms with E-state index in [0.717, 1.165) is 23.9 Å². The number of rotatable bonds is 12. The molecule has 1 saturated carbocycles. The number of amides is 2. The summed E-state index contributed by atoms with van der Waals surface area (Å²) in [6, 6.07) is 22.7. The van der Waals surface area contributed by atoms with Crippen LogP contribution in [0.3, 0.4) is 0 Å². The predicted octanol–water partition coefficient (Wildman–Crippen LogP) is 7.27. The summed E-state index contributed by atoms with van der Waals surface area (Å²) in [4.78, 5) is 24.7. The van der Waals surface area contributed by atoms with Crippen molar-refractivity contribution in [1.82, 2.24) is 19.8 Å². The van der Waals surface area contributed by atoms with Gasteiger partial charge in [0.05, 0.1) is 17.3 Å². The lowest BCUT2D eigenvalue weighted by molar-refractivity contribution is -0.141. The smallest absolute Gasteiger partial charge is 0.435 e. The molecule has 2 atom stereocenters. The second kappa shape index (κ2) is 14.6. The number of nitrogens with zero attached hydrogens (tertiary/aromatic N) is 3. The molecule has 1 aliphatic carbocycles. The number of carbonyl (C=O) groups is 2. The van der Waals surface area contributed by atoms with Gasteiger partial charge in [0, 0.05) is 29.7 Å². The molecule has 1 heterocycles. The number of carboxylic acid groups (broad SMARTS) is 1. The highest BCUT2D eigenvalue weighted by Crippen LogP contribution is 2.43. The zero-order valence-electron chi connectivity index (χ0n) is 27.7. The van der Waals surface area contributed by atoms with E-state index in [1.165, 1.54) is 18.2 Å². The first-order chi connectivity index (χ1) is 23.6. The van der Waals surface area contributed by atoms with E-state index in [-0.39, 0.29) is 17.9 Å². The van der Waals surface area contributed by atoms with Gasteiger partial charge in [-0.25, -0.2) is 9.48 Å². The van der Waals surface area contributed by atoms with E-state index in [1.54, 1.807) is 42.5 Å². The minimum absolute atomic E-state index is 0.112. The number of anilines is 1. The number of nitrogens with one attached hydrogen (secondary N) is 3. The van der Waals surface area contributed by atoms with Gasteiger partial charge in [0.25, 0.3) is 5.91 Å². The standard InChI is InChI=1S/C36H37F3N6O4S/c1-34(2,3)50(49)44-35(16-15-23-13-14-23,26-9-4-7-24(17-26)21-40)27-10-6-11-28(19-27)42-32(46)30-20-31(36(37,38)39)43-45(30)29-12-5-8-25(18-29)22-41-33(47)48/h4-12,17-20,23,41,44H,13-16,22H2,1-3H3,(H,42,46)(H,47,48)/t35?,50-/m1/s1. The van der Waals surface area contributed by atoms with Crippen LogP contribution in [0.1, 0.15) is 84.9 Å². The van der Waals surface area contributed by atoms with E-state index >= 15 is 0 Å². The summed E-state index contributed by atoms with van der Waals surface area (Å²) in [7, 11) is 0. The molecule has 0 bridgehead atoms. The third-order valence-electron chi connectivity index (χ3n) is 8.38. The number of aromatic nitrogens is 2. The molecule has 1 aromatic heterocycles. The third-order valence-corrected chi connectivity index (χ3v) is 10.0. The van der Waals surface area contributed by atoms with Crippen LogP contribution in [-0.2, 0) is 29.6 Å². The quantitative estimate of drug-likeness (QED) is 0.113. The highest BCUT2D eigenvalue weighted by molar-refractivity contribution is 7.90. The van der Waals surface area contributed by atoms with Gasteiger partial charge >= 0.3 is 12.3 Å². The molecule has 1 unspecified atom stereocenters. The molecule has 4 aromatic rings. The average Bonchev–Trinajstić information content (AvgIpc) is 3.79. The lowest BCUT2D eigenvalue weighted by Gasteiger charge is -2.39. The Morgan fingerprint density at radius 1 is 1.02 bits per heavy atom. The van der Waals surface area contributed by atoms with Crippen molar-refractivity contribution < 1.29 is 32.4 Å². The van der Waals surface area contributed by atoms with Crippen molar-refractivity contribution in [3.63, 3.8) is 0 Å². The molecule has 0 aliphatic heterocycles. The maximum atomic E-state index is 13.9. The first-order valence-electron chi connectivity index (χ1n) is 15.9. The molecule has 262 valence electrons. The summed E-state index contributed by atoms with van der Waals surface area (Å²) in [6.45, 7) is 5.43. The van der Waals surface area contributed by atoms with Crippen LogP contribution >= 0.6 is 0 Å². The molecule has 0 spiro atoms. The Morgan fingerprint density at radius 3 is 2.34 bits per heavy atom. The molecule has 14 heteroatoms. The molecule has 10 nitrogen and oxygen atoms in total. The number of halogens is 3. The van der Waals surface area contributed by atoms with Gasteiger partial charge in [-0.3, -0.25) is 4.79 Å². The molecule has 4 N–H and O–H groups in total. The average molecular weight is 707 g/mol. The molecule has 0 radical (unpaired) electrons. The predicted molar refractivity (Wildman–Crippen MR) is 183 cm³/mol. The molecular weight excluding hydrogens is 669 g/mol. The number of alkyl halides is 3. The van der Waals surface area contributed by atoms with Gasteiger partial charge in [0.15, 0.2) is 5.69 Å². The molecule has 5 rings (SSSR count). The van der Waals surface area contributed by atoms with Crippen molar-refractivity contribution in [3.05, 3.63) is 113 Å². The number of hydrogen-bond donors (Lipinski definition) is 4. The Kier molecular flexibility index (Phi) is 10.6. The van der Waals surface area contributed by atoms with E-state index in [9.17, 15) is 32.6 Å². The number of hydrogen-bond acceptors (Lipinski definition) is 6. The van der Waals surface area contributed by atoms with Crippen LogP contribution in [0.5, 0.6) is 0 Å².